The molecule has 0 unspecified atom stereocenters. The first-order valence-electron chi connectivity index (χ1n) is 5.54. The molecule has 0 atom stereocenters. The molecule has 0 aliphatic carbocycles. The number of amides is 1. The van der Waals surface area contributed by atoms with E-state index in [-0.39, 0.29) is 18.1 Å². The lowest BCUT2D eigenvalue weighted by atomic mass is 10.2. The predicted molar refractivity (Wildman–Crippen MR) is 74.2 cm³/mol. The maximum Gasteiger partial charge on any atom is 0.328 e. The van der Waals surface area contributed by atoms with Gasteiger partial charge < -0.3 is 15.6 Å². The molecule has 19 heavy (non-hydrogen) atoms. The van der Waals surface area contributed by atoms with E-state index < -0.39 is 0 Å². The number of nitrogen functional groups attached to an aromatic ring is 1. The Morgan fingerprint density at radius 1 is 1.42 bits per heavy atom. The van der Waals surface area contributed by atoms with Crippen LogP contribution in [0.4, 0.5) is 11.4 Å². The first-order valence-corrected chi connectivity index (χ1v) is 5.92. The number of hydrogen-bond acceptors (Lipinski definition) is 3. The highest BCUT2D eigenvalue weighted by molar-refractivity contribution is 6.31. The highest BCUT2D eigenvalue weighted by Crippen LogP contribution is 2.22. The second-order valence-electron chi connectivity index (χ2n) is 4.10. The van der Waals surface area contributed by atoms with Crippen LogP contribution in [-0.4, -0.2) is 15.0 Å². The minimum absolute atomic E-state index is 0.0677. The van der Waals surface area contributed by atoms with Crippen molar-refractivity contribution in [3.05, 3.63) is 46.1 Å². The van der Waals surface area contributed by atoms with Crippen LogP contribution < -0.4 is 16.7 Å². The van der Waals surface area contributed by atoms with Gasteiger partial charge in [0.15, 0.2) is 0 Å². The molecule has 1 heterocycles. The van der Waals surface area contributed by atoms with Crippen LogP contribution in [0.15, 0.2) is 35.4 Å². The van der Waals surface area contributed by atoms with Crippen LogP contribution in [0.25, 0.3) is 0 Å². The average Bonchev–Trinajstić information content (AvgIpc) is 2.65. The van der Waals surface area contributed by atoms with Gasteiger partial charge in [-0.25, -0.2) is 4.79 Å². The fraction of sp³-hybridized carbons (Fsp3) is 0.167. The molecule has 6 nitrogen and oxygen atoms in total. The summed E-state index contributed by atoms with van der Waals surface area (Å²) in [6.07, 6.45) is 3.14. The van der Waals surface area contributed by atoms with Gasteiger partial charge in [-0.3, -0.25) is 9.36 Å². The van der Waals surface area contributed by atoms with Crippen LogP contribution >= 0.6 is 11.6 Å². The van der Waals surface area contributed by atoms with Crippen LogP contribution in [0, 0.1) is 0 Å². The molecule has 0 fully saturated rings. The first-order chi connectivity index (χ1) is 8.97. The van der Waals surface area contributed by atoms with Crippen molar-refractivity contribution in [3.8, 4) is 0 Å². The van der Waals surface area contributed by atoms with Crippen LogP contribution in [0.2, 0.25) is 5.02 Å². The molecule has 100 valence electrons. The molecule has 0 aliphatic rings. The Hall–Kier alpha value is -2.21. The number of rotatable bonds is 3. The van der Waals surface area contributed by atoms with Gasteiger partial charge in [0.2, 0.25) is 5.91 Å². The quantitative estimate of drug-likeness (QED) is 0.825. The Morgan fingerprint density at radius 3 is 2.74 bits per heavy atom. The molecule has 1 amide bonds. The van der Waals surface area contributed by atoms with E-state index in [1.54, 1.807) is 37.6 Å². The number of aryl methyl sites for hydroxylation is 1. The molecule has 2 rings (SSSR count). The third-order valence-corrected chi connectivity index (χ3v) is 2.85. The normalized spacial score (nSPS) is 10.4. The number of halogens is 1. The number of nitrogens with one attached hydrogen (secondary N) is 1. The summed E-state index contributed by atoms with van der Waals surface area (Å²) in [7, 11) is 1.62. The number of carbonyl (C=O) groups excluding carboxylic acids is 1. The summed E-state index contributed by atoms with van der Waals surface area (Å²) in [6.45, 7) is -0.0677. The van der Waals surface area contributed by atoms with E-state index in [1.807, 2.05) is 0 Å². The number of benzene rings is 1. The Bertz CT molecular complexity index is 675. The van der Waals surface area contributed by atoms with Crippen molar-refractivity contribution < 1.29 is 4.79 Å². The van der Waals surface area contributed by atoms with Gasteiger partial charge in [0, 0.05) is 24.5 Å². The molecule has 0 aliphatic heterocycles. The summed E-state index contributed by atoms with van der Waals surface area (Å²) in [4.78, 5) is 23.4. The van der Waals surface area contributed by atoms with Gasteiger partial charge in [0.25, 0.3) is 0 Å². The van der Waals surface area contributed by atoms with Crippen molar-refractivity contribution in [2.24, 2.45) is 7.05 Å². The van der Waals surface area contributed by atoms with Crippen LogP contribution in [0.1, 0.15) is 0 Å². The fourth-order valence-electron chi connectivity index (χ4n) is 1.62. The zero-order valence-electron chi connectivity index (χ0n) is 10.3. The predicted octanol–water partition coefficient (Wildman–Crippen LogP) is 1.06. The number of carbonyl (C=O) groups is 1. The Balaban J connectivity index is 2.09. The van der Waals surface area contributed by atoms with Gasteiger partial charge in [0.05, 0.1) is 11.4 Å². The lowest BCUT2D eigenvalue weighted by Crippen LogP contribution is -2.28. The van der Waals surface area contributed by atoms with Gasteiger partial charge >= 0.3 is 5.69 Å². The van der Waals surface area contributed by atoms with Gasteiger partial charge in [0.1, 0.15) is 6.54 Å². The molecule has 2 aromatic rings. The summed E-state index contributed by atoms with van der Waals surface area (Å²) in [5.41, 5.74) is 6.32. The fourth-order valence-corrected chi connectivity index (χ4v) is 1.80. The molecular weight excluding hydrogens is 268 g/mol. The Labute approximate surface area is 114 Å². The minimum atomic E-state index is -0.331. The van der Waals surface area contributed by atoms with E-state index in [0.717, 1.165) is 0 Å². The van der Waals surface area contributed by atoms with Crippen molar-refractivity contribution in [2.45, 2.75) is 6.54 Å². The number of hydrogen-bond donors (Lipinski definition) is 2. The van der Waals surface area contributed by atoms with E-state index in [2.05, 4.69) is 5.32 Å². The van der Waals surface area contributed by atoms with Crippen LogP contribution in [0.5, 0.6) is 0 Å². The summed E-state index contributed by atoms with van der Waals surface area (Å²) in [5.74, 6) is -0.331. The number of nitrogens with zero attached hydrogens (tertiary/aromatic N) is 2. The highest BCUT2D eigenvalue weighted by Gasteiger charge is 2.08. The minimum Gasteiger partial charge on any atom is -0.397 e. The average molecular weight is 281 g/mol. The molecule has 1 aromatic heterocycles. The SMILES string of the molecule is Cn1ccn(CC(=O)Nc2ccc(Cl)cc2N)c1=O. The largest absolute Gasteiger partial charge is 0.397 e. The maximum atomic E-state index is 11.8. The van der Waals surface area contributed by atoms with Crippen molar-refractivity contribution in [1.82, 2.24) is 9.13 Å². The summed E-state index contributed by atoms with van der Waals surface area (Å²) >= 11 is 5.77. The van der Waals surface area contributed by atoms with E-state index in [1.165, 1.54) is 9.13 Å². The Morgan fingerprint density at radius 2 is 2.16 bits per heavy atom. The third kappa shape index (κ3) is 2.97. The van der Waals surface area contributed by atoms with E-state index in [4.69, 9.17) is 17.3 Å². The molecule has 0 spiro atoms. The molecular formula is C12H13ClN4O2. The molecule has 3 N–H and O–H groups in total. The standard InChI is InChI=1S/C12H13ClN4O2/c1-16-4-5-17(12(16)19)7-11(18)15-10-3-2-8(13)6-9(10)14/h2-6H,7,14H2,1H3,(H,15,18). The van der Waals surface area contributed by atoms with Gasteiger partial charge in [-0.1, -0.05) is 11.6 Å². The highest BCUT2D eigenvalue weighted by atomic mass is 35.5. The second-order valence-corrected chi connectivity index (χ2v) is 4.54. The molecule has 7 heteroatoms. The zero-order chi connectivity index (χ0) is 14.0. The summed E-state index contributed by atoms with van der Waals surface area (Å²) in [5, 5.41) is 3.13. The van der Waals surface area contributed by atoms with E-state index >= 15 is 0 Å². The second kappa shape index (κ2) is 5.19. The lowest BCUT2D eigenvalue weighted by Gasteiger charge is -2.08. The smallest absolute Gasteiger partial charge is 0.328 e. The number of imidazole rings is 1. The molecule has 1 aromatic carbocycles. The van der Waals surface area contributed by atoms with Gasteiger partial charge in [-0.05, 0) is 18.2 Å². The number of aromatic nitrogens is 2. The molecule has 0 radical (unpaired) electrons. The van der Waals surface area contributed by atoms with E-state index in [9.17, 15) is 9.59 Å². The topological polar surface area (TPSA) is 82.1 Å². The first kappa shape index (κ1) is 13.2. The zero-order valence-corrected chi connectivity index (χ0v) is 11.0. The van der Waals surface area contributed by atoms with Crippen molar-refractivity contribution in [2.75, 3.05) is 11.1 Å². The summed E-state index contributed by atoms with van der Waals surface area (Å²) < 4.78 is 2.70. The number of anilines is 2. The molecule has 0 saturated heterocycles. The van der Waals surface area contributed by atoms with Crippen molar-refractivity contribution in [1.29, 1.82) is 0 Å². The van der Waals surface area contributed by atoms with Crippen LogP contribution in [-0.2, 0) is 18.4 Å². The Kier molecular flexibility index (Phi) is 3.62. The molecule has 0 bridgehead atoms. The summed E-state index contributed by atoms with van der Waals surface area (Å²) in [6, 6.07) is 4.79. The van der Waals surface area contributed by atoms with Crippen molar-refractivity contribution >= 4 is 28.9 Å². The van der Waals surface area contributed by atoms with Gasteiger partial charge in [-0.15, -0.1) is 0 Å². The number of nitrogens with two attached hydrogens (primary N) is 1. The van der Waals surface area contributed by atoms with Crippen molar-refractivity contribution in [3.63, 3.8) is 0 Å². The maximum absolute atomic E-state index is 11.8. The lowest BCUT2D eigenvalue weighted by molar-refractivity contribution is -0.116. The third-order valence-electron chi connectivity index (χ3n) is 2.62. The van der Waals surface area contributed by atoms with Gasteiger partial charge in [-0.2, -0.15) is 0 Å². The van der Waals surface area contributed by atoms with Crippen LogP contribution in [0.3, 0.4) is 0 Å². The van der Waals surface area contributed by atoms with E-state index in [0.29, 0.717) is 16.4 Å². The monoisotopic (exact) mass is 280 g/mol. The molecule has 0 saturated carbocycles.